The van der Waals surface area contributed by atoms with E-state index in [1.807, 2.05) is 50.6 Å². The molecule has 1 aliphatic rings. The van der Waals surface area contributed by atoms with Gasteiger partial charge in [0.2, 0.25) is 11.8 Å². The van der Waals surface area contributed by atoms with E-state index in [1.54, 1.807) is 16.7 Å². The van der Waals surface area contributed by atoms with Gasteiger partial charge in [-0.3, -0.25) is 14.3 Å². The molecule has 0 radical (unpaired) electrons. The van der Waals surface area contributed by atoms with E-state index in [-0.39, 0.29) is 11.8 Å². The number of anilines is 1. The van der Waals surface area contributed by atoms with Crippen molar-refractivity contribution in [3.63, 3.8) is 0 Å². The molecular weight excluding hydrogens is 410 g/mol. The van der Waals surface area contributed by atoms with Gasteiger partial charge in [0, 0.05) is 23.6 Å². The molecular formula is C23H29N5O2S. The highest BCUT2D eigenvalue weighted by Crippen LogP contribution is 2.25. The van der Waals surface area contributed by atoms with Crippen LogP contribution in [0.5, 0.6) is 0 Å². The highest BCUT2D eigenvalue weighted by Gasteiger charge is 2.34. The molecule has 0 bridgehead atoms. The third-order valence-corrected chi connectivity index (χ3v) is 6.85. The van der Waals surface area contributed by atoms with E-state index in [0.29, 0.717) is 37.4 Å². The fourth-order valence-corrected chi connectivity index (χ4v) is 4.98. The smallest absolute Gasteiger partial charge is 0.248 e. The van der Waals surface area contributed by atoms with E-state index in [1.165, 1.54) is 5.56 Å². The Morgan fingerprint density at radius 1 is 1.26 bits per heavy atom. The monoisotopic (exact) mass is 439 g/mol. The minimum absolute atomic E-state index is 0.0196. The van der Waals surface area contributed by atoms with Crippen LogP contribution in [0.1, 0.15) is 40.9 Å². The highest BCUT2D eigenvalue weighted by atomic mass is 32.2. The van der Waals surface area contributed by atoms with Crippen LogP contribution in [0.4, 0.5) is 5.69 Å². The van der Waals surface area contributed by atoms with E-state index in [0.717, 1.165) is 28.2 Å². The molecule has 8 heteroatoms. The number of thioether (sulfide) groups is 1. The Hall–Kier alpha value is -2.79. The highest BCUT2D eigenvalue weighted by molar-refractivity contribution is 7.99. The normalized spacial score (nSPS) is 15.7. The lowest BCUT2D eigenvalue weighted by molar-refractivity contribution is -0.136. The van der Waals surface area contributed by atoms with E-state index >= 15 is 0 Å². The predicted octanol–water partition coefficient (Wildman–Crippen LogP) is 3.50. The Balaban J connectivity index is 1.62. The number of hydrogen-bond donors (Lipinski definition) is 1. The molecule has 0 saturated carbocycles. The summed E-state index contributed by atoms with van der Waals surface area (Å²) < 4.78 is 1.84. The molecule has 1 saturated heterocycles. The SMILES string of the molecule is Cc1ccc(NC(=O)C2CSCN2C(=O)CCc2c(C)nn(CCC#N)c2C)cc1C. The number of carbonyl (C=O) groups excluding carboxylic acids is 2. The summed E-state index contributed by atoms with van der Waals surface area (Å²) in [4.78, 5) is 27.5. The standard InChI is InChI=1S/C23H29N5O2S/c1-15-6-7-19(12-16(15)2)25-23(30)21-13-31-14-27(21)22(29)9-8-20-17(3)26-28(18(20)4)11-5-10-24/h6-7,12,21H,5,8-9,11,13-14H2,1-4H3,(H,25,30). The number of aryl methyl sites for hydroxylation is 4. The van der Waals surface area contributed by atoms with Crippen LogP contribution in [0.15, 0.2) is 18.2 Å². The first-order valence-electron chi connectivity index (χ1n) is 10.5. The molecule has 1 aromatic carbocycles. The van der Waals surface area contributed by atoms with E-state index in [2.05, 4.69) is 16.5 Å². The largest absolute Gasteiger partial charge is 0.324 e. The molecule has 1 N–H and O–H groups in total. The number of carbonyl (C=O) groups is 2. The van der Waals surface area contributed by atoms with Crippen LogP contribution in [0.3, 0.4) is 0 Å². The van der Waals surface area contributed by atoms with E-state index < -0.39 is 6.04 Å². The second kappa shape index (κ2) is 10.0. The summed E-state index contributed by atoms with van der Waals surface area (Å²) in [5.74, 6) is 0.975. The second-order valence-corrected chi connectivity index (χ2v) is 8.95. The predicted molar refractivity (Wildman–Crippen MR) is 123 cm³/mol. The van der Waals surface area contributed by atoms with E-state index in [4.69, 9.17) is 5.26 Å². The number of benzene rings is 1. The third-order valence-electron chi connectivity index (χ3n) is 5.84. The molecule has 2 amide bonds. The lowest BCUT2D eigenvalue weighted by Gasteiger charge is -2.23. The number of rotatable bonds is 7. The fourth-order valence-electron chi connectivity index (χ4n) is 3.80. The van der Waals surface area contributed by atoms with Gasteiger partial charge in [0.25, 0.3) is 0 Å². The zero-order chi connectivity index (χ0) is 22.5. The molecule has 0 spiro atoms. The first-order valence-corrected chi connectivity index (χ1v) is 11.6. The number of nitriles is 1. The maximum absolute atomic E-state index is 12.9. The first kappa shape index (κ1) is 22.9. The molecule has 31 heavy (non-hydrogen) atoms. The summed E-state index contributed by atoms with van der Waals surface area (Å²) >= 11 is 1.60. The van der Waals surface area contributed by atoms with Crippen molar-refractivity contribution < 1.29 is 9.59 Å². The van der Waals surface area contributed by atoms with Crippen molar-refractivity contribution in [2.24, 2.45) is 0 Å². The minimum Gasteiger partial charge on any atom is -0.324 e. The average Bonchev–Trinajstić information content (AvgIpc) is 3.33. The van der Waals surface area contributed by atoms with Crippen molar-refractivity contribution in [2.75, 3.05) is 16.9 Å². The molecule has 3 rings (SSSR count). The number of nitrogens with one attached hydrogen (secondary N) is 1. The molecule has 1 aliphatic heterocycles. The first-order chi connectivity index (χ1) is 14.8. The van der Waals surface area contributed by atoms with Gasteiger partial charge in [0.1, 0.15) is 6.04 Å². The quantitative estimate of drug-likeness (QED) is 0.713. The van der Waals surface area contributed by atoms with Crippen LogP contribution >= 0.6 is 11.8 Å². The lowest BCUT2D eigenvalue weighted by atomic mass is 10.1. The molecule has 2 aromatic rings. The average molecular weight is 440 g/mol. The molecule has 164 valence electrons. The van der Waals surface area contributed by atoms with Crippen molar-refractivity contribution in [1.29, 1.82) is 5.26 Å². The third kappa shape index (κ3) is 5.28. The molecule has 1 atom stereocenters. The van der Waals surface area contributed by atoms with Gasteiger partial charge < -0.3 is 10.2 Å². The van der Waals surface area contributed by atoms with Crippen LogP contribution in [0.2, 0.25) is 0 Å². The Bertz CT molecular complexity index is 1020. The Labute approximate surface area is 187 Å². The topological polar surface area (TPSA) is 91.0 Å². The van der Waals surface area contributed by atoms with Crippen LogP contribution in [0.25, 0.3) is 0 Å². The van der Waals surface area contributed by atoms with Gasteiger partial charge in [-0.25, -0.2) is 0 Å². The summed E-state index contributed by atoms with van der Waals surface area (Å²) in [6, 6.07) is 7.51. The van der Waals surface area contributed by atoms with Gasteiger partial charge in [-0.05, 0) is 62.9 Å². The zero-order valence-electron chi connectivity index (χ0n) is 18.6. The summed E-state index contributed by atoms with van der Waals surface area (Å²) in [5, 5.41) is 16.3. The van der Waals surface area contributed by atoms with Gasteiger partial charge >= 0.3 is 0 Å². The molecule has 1 aromatic heterocycles. The maximum atomic E-state index is 12.9. The number of nitrogens with zero attached hydrogens (tertiary/aromatic N) is 4. The minimum atomic E-state index is -0.459. The summed E-state index contributed by atoms with van der Waals surface area (Å²) in [7, 11) is 0. The molecule has 2 heterocycles. The Morgan fingerprint density at radius 2 is 2.03 bits per heavy atom. The molecule has 0 aliphatic carbocycles. The summed E-state index contributed by atoms with van der Waals surface area (Å²) in [6.45, 7) is 8.51. The number of amides is 2. The number of aromatic nitrogens is 2. The van der Waals surface area contributed by atoms with Gasteiger partial charge in [-0.15, -0.1) is 11.8 Å². The molecule has 7 nitrogen and oxygen atoms in total. The maximum Gasteiger partial charge on any atom is 0.248 e. The molecule has 1 fully saturated rings. The lowest BCUT2D eigenvalue weighted by Crippen LogP contribution is -2.44. The van der Waals surface area contributed by atoms with E-state index in [9.17, 15) is 9.59 Å². The van der Waals surface area contributed by atoms with Crippen LogP contribution in [-0.2, 0) is 22.6 Å². The fraction of sp³-hybridized carbons (Fsp3) is 0.478. The van der Waals surface area contributed by atoms with Crippen molar-refractivity contribution in [3.8, 4) is 6.07 Å². The molecule has 1 unspecified atom stereocenters. The summed E-state index contributed by atoms with van der Waals surface area (Å²) in [6.07, 6.45) is 1.32. The van der Waals surface area contributed by atoms with Crippen LogP contribution in [-0.4, -0.2) is 44.2 Å². The van der Waals surface area contributed by atoms with Crippen molar-refractivity contribution in [3.05, 3.63) is 46.3 Å². The van der Waals surface area contributed by atoms with Crippen molar-refractivity contribution in [1.82, 2.24) is 14.7 Å². The number of hydrogen-bond acceptors (Lipinski definition) is 5. The van der Waals surface area contributed by atoms with Crippen molar-refractivity contribution in [2.45, 2.75) is 59.5 Å². The van der Waals surface area contributed by atoms with Gasteiger partial charge in [-0.2, -0.15) is 10.4 Å². The zero-order valence-corrected chi connectivity index (χ0v) is 19.4. The Kier molecular flexibility index (Phi) is 7.39. The second-order valence-electron chi connectivity index (χ2n) is 7.95. The van der Waals surface area contributed by atoms with Crippen molar-refractivity contribution >= 4 is 29.3 Å². The van der Waals surface area contributed by atoms with Gasteiger partial charge in [0.15, 0.2) is 0 Å². The van der Waals surface area contributed by atoms with Crippen LogP contribution < -0.4 is 5.32 Å². The van der Waals surface area contributed by atoms with Gasteiger partial charge in [-0.1, -0.05) is 6.07 Å². The Morgan fingerprint density at radius 3 is 2.74 bits per heavy atom. The van der Waals surface area contributed by atoms with Crippen LogP contribution in [0, 0.1) is 39.0 Å². The summed E-state index contributed by atoms with van der Waals surface area (Å²) in [5.41, 5.74) is 5.99. The van der Waals surface area contributed by atoms with Gasteiger partial charge in [0.05, 0.1) is 30.6 Å².